The summed E-state index contributed by atoms with van der Waals surface area (Å²) in [5.41, 5.74) is 3.21. The maximum atomic E-state index is 13.4. The van der Waals surface area contributed by atoms with Crippen molar-refractivity contribution < 1.29 is 17.9 Å². The van der Waals surface area contributed by atoms with Gasteiger partial charge < -0.3 is 19.6 Å². The van der Waals surface area contributed by atoms with Gasteiger partial charge in [-0.15, -0.1) is 0 Å². The second-order valence-electron chi connectivity index (χ2n) is 10.4. The van der Waals surface area contributed by atoms with Crippen LogP contribution in [0.3, 0.4) is 0 Å². The van der Waals surface area contributed by atoms with E-state index in [9.17, 15) is 13.2 Å². The second-order valence-corrected chi connectivity index (χ2v) is 10.4. The molecular weight excluding hydrogens is 535 g/mol. The van der Waals surface area contributed by atoms with E-state index in [4.69, 9.17) is 9.72 Å². The Kier molecular flexibility index (Phi) is 6.59. The van der Waals surface area contributed by atoms with Gasteiger partial charge >= 0.3 is 6.18 Å². The van der Waals surface area contributed by atoms with E-state index in [1.807, 2.05) is 32.9 Å². The standard InChI is InChI=1S/C28H28F3N9O/c1-14(2)40-11-19(28(29,30)31)37-26(40)18-9-5-16(6-10-18)15(3)36-25-22-24(34-12-33-22)38-23(39-25)20-21(17-7-8-17)32-13-35-27(20)41-4/h5-6,9-15,17H,7-8H2,1-4H3,(H2,33,34,36,38,39). The Morgan fingerprint density at radius 3 is 2.44 bits per heavy atom. The Labute approximate surface area is 233 Å². The minimum Gasteiger partial charge on any atom is -0.480 e. The fourth-order valence-electron chi connectivity index (χ4n) is 4.81. The third-order valence-corrected chi connectivity index (χ3v) is 7.11. The van der Waals surface area contributed by atoms with Crippen LogP contribution in [0.2, 0.25) is 0 Å². The lowest BCUT2D eigenvalue weighted by Gasteiger charge is -2.17. The highest BCUT2D eigenvalue weighted by Gasteiger charge is 2.35. The molecule has 0 saturated heterocycles. The van der Waals surface area contributed by atoms with Crippen molar-refractivity contribution in [2.45, 2.75) is 57.8 Å². The van der Waals surface area contributed by atoms with Crippen molar-refractivity contribution in [3.63, 3.8) is 0 Å². The summed E-state index contributed by atoms with van der Waals surface area (Å²) in [5, 5.41) is 3.44. The fourth-order valence-corrected chi connectivity index (χ4v) is 4.81. The number of nitrogens with zero attached hydrogens (tertiary/aromatic N) is 7. The molecule has 0 spiro atoms. The van der Waals surface area contributed by atoms with Crippen LogP contribution in [-0.4, -0.2) is 46.6 Å². The molecule has 41 heavy (non-hydrogen) atoms. The summed E-state index contributed by atoms with van der Waals surface area (Å²) in [6.07, 6.45) is 1.65. The van der Waals surface area contributed by atoms with E-state index in [1.165, 1.54) is 10.9 Å². The smallest absolute Gasteiger partial charge is 0.434 e. The summed E-state index contributed by atoms with van der Waals surface area (Å²) >= 11 is 0. The van der Waals surface area contributed by atoms with Gasteiger partial charge in [0.05, 0.1) is 25.2 Å². The molecule has 2 N–H and O–H groups in total. The number of hydrogen-bond donors (Lipinski definition) is 2. The van der Waals surface area contributed by atoms with Crippen molar-refractivity contribution >= 4 is 17.0 Å². The highest BCUT2D eigenvalue weighted by molar-refractivity contribution is 5.85. The summed E-state index contributed by atoms with van der Waals surface area (Å²) in [6.45, 7) is 5.61. The van der Waals surface area contributed by atoms with Crippen molar-refractivity contribution in [2.75, 3.05) is 12.4 Å². The van der Waals surface area contributed by atoms with Crippen LogP contribution in [0.15, 0.2) is 43.1 Å². The number of ether oxygens (including phenoxy) is 1. The third kappa shape index (κ3) is 5.07. The molecule has 0 aliphatic heterocycles. The Hall–Kier alpha value is -4.55. The average Bonchev–Trinajstić information content (AvgIpc) is 3.49. The van der Waals surface area contributed by atoms with Crippen LogP contribution in [0.4, 0.5) is 19.0 Å². The number of aromatic nitrogens is 8. The summed E-state index contributed by atoms with van der Waals surface area (Å²) < 4.78 is 47.1. The SMILES string of the molecule is COc1ncnc(C2CC2)c1-c1nc(NC(C)c2ccc(-c3nc(C(F)(F)F)cn3C(C)C)cc2)c2[nH]cnc2n1. The number of rotatable bonds is 8. The van der Waals surface area contributed by atoms with Crippen LogP contribution in [0, 0.1) is 0 Å². The zero-order valence-corrected chi connectivity index (χ0v) is 22.9. The number of aromatic amines is 1. The Bertz CT molecular complexity index is 1710. The third-order valence-electron chi connectivity index (χ3n) is 7.11. The second kappa shape index (κ2) is 10.1. The van der Waals surface area contributed by atoms with Crippen molar-refractivity contribution in [2.24, 2.45) is 0 Å². The quantitative estimate of drug-likeness (QED) is 0.225. The van der Waals surface area contributed by atoms with E-state index in [-0.39, 0.29) is 17.9 Å². The lowest BCUT2D eigenvalue weighted by atomic mass is 10.1. The van der Waals surface area contributed by atoms with Gasteiger partial charge in [-0.05, 0) is 39.2 Å². The van der Waals surface area contributed by atoms with E-state index >= 15 is 0 Å². The predicted molar refractivity (Wildman–Crippen MR) is 146 cm³/mol. The minimum atomic E-state index is -4.52. The van der Waals surface area contributed by atoms with Gasteiger partial charge in [0.2, 0.25) is 5.88 Å². The highest BCUT2D eigenvalue weighted by Crippen LogP contribution is 2.45. The molecule has 0 amide bonds. The number of hydrogen-bond acceptors (Lipinski definition) is 8. The average molecular weight is 564 g/mol. The van der Waals surface area contributed by atoms with Gasteiger partial charge in [0.25, 0.3) is 0 Å². The molecule has 10 nitrogen and oxygen atoms in total. The molecule has 6 rings (SSSR count). The minimum absolute atomic E-state index is 0.188. The summed E-state index contributed by atoms with van der Waals surface area (Å²) in [4.78, 5) is 29.7. The maximum absolute atomic E-state index is 13.4. The van der Waals surface area contributed by atoms with Gasteiger partial charge in [-0.1, -0.05) is 24.3 Å². The van der Waals surface area contributed by atoms with Crippen LogP contribution in [-0.2, 0) is 6.18 Å². The van der Waals surface area contributed by atoms with Gasteiger partial charge in [-0.2, -0.15) is 13.2 Å². The van der Waals surface area contributed by atoms with E-state index in [0.29, 0.717) is 45.7 Å². The number of halogens is 3. The van der Waals surface area contributed by atoms with Crippen molar-refractivity contribution in [3.8, 4) is 28.7 Å². The molecule has 1 fully saturated rings. The first-order chi connectivity index (χ1) is 19.6. The predicted octanol–water partition coefficient (Wildman–Crippen LogP) is 6.33. The van der Waals surface area contributed by atoms with Gasteiger partial charge in [0, 0.05) is 23.7 Å². The molecule has 4 aromatic heterocycles. The van der Waals surface area contributed by atoms with E-state index < -0.39 is 11.9 Å². The first kappa shape index (κ1) is 26.7. The van der Waals surface area contributed by atoms with Crippen LogP contribution >= 0.6 is 0 Å². The molecule has 1 aromatic carbocycles. The largest absolute Gasteiger partial charge is 0.480 e. The Morgan fingerprint density at radius 2 is 1.78 bits per heavy atom. The summed E-state index contributed by atoms with van der Waals surface area (Å²) in [5.74, 6) is 1.93. The highest BCUT2D eigenvalue weighted by atomic mass is 19.4. The van der Waals surface area contributed by atoms with Gasteiger partial charge in [0.1, 0.15) is 23.2 Å². The van der Waals surface area contributed by atoms with Crippen LogP contribution in [0.5, 0.6) is 5.88 Å². The zero-order valence-electron chi connectivity index (χ0n) is 22.9. The van der Waals surface area contributed by atoms with Crippen LogP contribution in [0.1, 0.15) is 68.6 Å². The number of alkyl halides is 3. The fraction of sp³-hybridized carbons (Fsp3) is 0.357. The van der Waals surface area contributed by atoms with E-state index in [1.54, 1.807) is 25.6 Å². The maximum Gasteiger partial charge on any atom is 0.434 e. The monoisotopic (exact) mass is 563 g/mol. The molecule has 0 radical (unpaired) electrons. The Morgan fingerprint density at radius 1 is 1.02 bits per heavy atom. The summed E-state index contributed by atoms with van der Waals surface area (Å²) in [7, 11) is 1.55. The molecule has 212 valence electrons. The summed E-state index contributed by atoms with van der Waals surface area (Å²) in [6, 6.07) is 6.88. The molecule has 1 aliphatic rings. The van der Waals surface area contributed by atoms with Gasteiger partial charge in [-0.3, -0.25) is 0 Å². The molecule has 4 heterocycles. The lowest BCUT2D eigenvalue weighted by molar-refractivity contribution is -0.140. The van der Waals surface area contributed by atoms with Crippen LogP contribution in [0.25, 0.3) is 33.9 Å². The molecule has 1 atom stereocenters. The number of imidazole rings is 2. The van der Waals surface area contributed by atoms with Crippen molar-refractivity contribution in [1.29, 1.82) is 0 Å². The van der Waals surface area contributed by atoms with Gasteiger partial charge in [0.15, 0.2) is 23.0 Å². The Balaban J connectivity index is 1.32. The molecule has 5 aromatic rings. The topological polar surface area (TPSA) is 119 Å². The molecular formula is C28H28F3N9O. The molecule has 13 heteroatoms. The van der Waals surface area contributed by atoms with E-state index in [2.05, 4.69) is 35.2 Å². The molecule has 0 bridgehead atoms. The number of H-pyrrole nitrogens is 1. The molecule has 1 aliphatic carbocycles. The lowest BCUT2D eigenvalue weighted by Crippen LogP contribution is -2.10. The first-order valence-electron chi connectivity index (χ1n) is 13.3. The number of methoxy groups -OCH3 is 1. The number of fused-ring (bicyclic) bond motifs is 1. The normalized spacial score (nSPS) is 14.5. The molecule has 1 saturated carbocycles. The number of nitrogens with one attached hydrogen (secondary N) is 2. The number of anilines is 1. The van der Waals surface area contributed by atoms with Gasteiger partial charge in [-0.25, -0.2) is 29.9 Å². The van der Waals surface area contributed by atoms with E-state index in [0.717, 1.165) is 30.3 Å². The first-order valence-corrected chi connectivity index (χ1v) is 13.3. The number of benzene rings is 1. The molecule has 1 unspecified atom stereocenters. The van der Waals surface area contributed by atoms with Crippen molar-refractivity contribution in [1.82, 2.24) is 39.5 Å². The van der Waals surface area contributed by atoms with Crippen LogP contribution < -0.4 is 10.1 Å². The zero-order chi connectivity index (χ0) is 28.9. The van der Waals surface area contributed by atoms with Crippen molar-refractivity contribution in [3.05, 3.63) is 60.1 Å².